The summed E-state index contributed by atoms with van der Waals surface area (Å²) >= 11 is 0. The van der Waals surface area contributed by atoms with E-state index in [1.165, 1.54) is 83.5 Å². The van der Waals surface area contributed by atoms with Gasteiger partial charge in [0.15, 0.2) is 0 Å². The topological polar surface area (TPSA) is 26.3 Å². The van der Waals surface area contributed by atoms with E-state index in [0.717, 1.165) is 6.42 Å². The quantitative estimate of drug-likeness (QED) is 0.233. The molecule has 0 saturated heterocycles. The summed E-state index contributed by atoms with van der Waals surface area (Å²) in [4.78, 5) is 0. The van der Waals surface area contributed by atoms with Gasteiger partial charge in [0, 0.05) is 0 Å². The van der Waals surface area contributed by atoms with Gasteiger partial charge >= 0.3 is 8.69 Å². The lowest BCUT2D eigenvalue weighted by molar-refractivity contribution is 0.328. The zero-order valence-corrected chi connectivity index (χ0v) is 13.8. The Bertz CT molecular complexity index is 174. The molecule has 0 amide bonds. The Morgan fingerprint density at radius 1 is 0.632 bits per heavy atom. The third kappa shape index (κ3) is 18.1. The average molecular weight is 288 g/mol. The fourth-order valence-corrected chi connectivity index (χ4v) is 2.60. The molecule has 0 unspecified atom stereocenters. The van der Waals surface area contributed by atoms with Crippen molar-refractivity contribution in [2.24, 2.45) is 0 Å². The van der Waals surface area contributed by atoms with Gasteiger partial charge in [0.2, 0.25) is 0 Å². The summed E-state index contributed by atoms with van der Waals surface area (Å²) in [6, 6.07) is 0. The van der Waals surface area contributed by atoms with Crippen molar-refractivity contribution in [1.82, 2.24) is 0 Å². The first-order valence-corrected chi connectivity index (χ1v) is 9.09. The summed E-state index contributed by atoms with van der Waals surface area (Å²) in [5, 5.41) is 0. The van der Waals surface area contributed by atoms with E-state index in [1.54, 1.807) is 0 Å². The normalized spacial score (nSPS) is 11.2. The molecule has 0 aromatic rings. The van der Waals surface area contributed by atoms with Crippen molar-refractivity contribution in [3.63, 3.8) is 0 Å². The second-order valence-electron chi connectivity index (χ2n) is 5.50. The van der Waals surface area contributed by atoms with Crippen LogP contribution in [0.15, 0.2) is 0 Å². The number of hydrogen-bond donors (Lipinski definition) is 0. The van der Waals surface area contributed by atoms with Gasteiger partial charge in [0.05, 0.1) is 6.61 Å². The molecule has 19 heavy (non-hydrogen) atoms. The van der Waals surface area contributed by atoms with Crippen molar-refractivity contribution >= 4 is 8.69 Å². The molecule has 0 aromatic heterocycles. The minimum atomic E-state index is -0.172. The molecule has 0 spiro atoms. The van der Waals surface area contributed by atoms with E-state index in [1.807, 2.05) is 0 Å². The summed E-state index contributed by atoms with van der Waals surface area (Å²) in [7, 11) is -0.172. The van der Waals surface area contributed by atoms with E-state index in [2.05, 4.69) is 6.92 Å². The molecule has 3 heteroatoms. The maximum Gasteiger partial charge on any atom is 0.327 e. The van der Waals surface area contributed by atoms with Crippen LogP contribution in [0.5, 0.6) is 0 Å². The Morgan fingerprint density at radius 2 is 1.00 bits per heavy atom. The predicted octanol–water partition coefficient (Wildman–Crippen LogP) is 6.69. The molecule has 0 aliphatic heterocycles. The van der Waals surface area contributed by atoms with E-state index in [-0.39, 0.29) is 8.69 Å². The van der Waals surface area contributed by atoms with Gasteiger partial charge in [-0.25, -0.2) is 4.57 Å². The van der Waals surface area contributed by atoms with E-state index in [4.69, 9.17) is 4.52 Å². The molecule has 0 N–H and O–H groups in total. The average Bonchev–Trinajstić information content (AvgIpc) is 2.43. The fourth-order valence-electron chi connectivity index (χ4n) is 2.40. The molecule has 0 aliphatic rings. The Labute approximate surface area is 122 Å². The maximum atomic E-state index is 10.0. The van der Waals surface area contributed by atoms with Gasteiger partial charge in [-0.15, -0.1) is 0 Å². The lowest BCUT2D eigenvalue weighted by Crippen LogP contribution is -1.86. The zero-order valence-electron chi connectivity index (χ0n) is 12.9. The Hall–Kier alpha value is 0.0600. The van der Waals surface area contributed by atoms with E-state index in [0.29, 0.717) is 6.61 Å². The minimum Gasteiger partial charge on any atom is -0.294 e. The Balaban J connectivity index is 2.89. The third-order valence-corrected chi connectivity index (χ3v) is 3.93. The molecule has 0 atom stereocenters. The number of hydrogen-bond acceptors (Lipinski definition) is 2. The van der Waals surface area contributed by atoms with Crippen LogP contribution in [0.1, 0.15) is 96.8 Å². The summed E-state index contributed by atoms with van der Waals surface area (Å²) in [6.07, 6.45) is 19.1. The highest BCUT2D eigenvalue weighted by atomic mass is 31.1. The lowest BCUT2D eigenvalue weighted by Gasteiger charge is -2.02. The monoisotopic (exact) mass is 288 g/mol. The highest BCUT2D eigenvalue weighted by molar-refractivity contribution is 7.17. The molecule has 2 nitrogen and oxygen atoms in total. The molecule has 0 aromatic carbocycles. The zero-order chi connectivity index (χ0) is 14.0. The van der Waals surface area contributed by atoms with E-state index < -0.39 is 0 Å². The summed E-state index contributed by atoms with van der Waals surface area (Å²) in [5.41, 5.74) is 0. The smallest absolute Gasteiger partial charge is 0.294 e. The van der Waals surface area contributed by atoms with Gasteiger partial charge in [-0.1, -0.05) is 90.4 Å². The van der Waals surface area contributed by atoms with Crippen LogP contribution < -0.4 is 0 Å². The van der Waals surface area contributed by atoms with Crippen molar-refractivity contribution in [2.45, 2.75) is 96.8 Å². The number of unbranched alkanes of at least 4 members (excludes halogenated alkanes) is 13. The standard InChI is InChI=1S/C16H33O2P/c1-2-3-4-5-6-7-8-9-10-11-12-13-14-15-16-18-19-17/h2-16H2,1H3. The number of rotatable bonds is 16. The van der Waals surface area contributed by atoms with Crippen molar-refractivity contribution in [3.05, 3.63) is 0 Å². The molecule has 0 saturated carbocycles. The van der Waals surface area contributed by atoms with Crippen LogP contribution >= 0.6 is 8.69 Å². The van der Waals surface area contributed by atoms with Crippen LogP contribution in [0, 0.1) is 0 Å². The molecule has 114 valence electrons. The second-order valence-corrected chi connectivity index (χ2v) is 5.91. The minimum absolute atomic E-state index is 0.172. The highest BCUT2D eigenvalue weighted by Gasteiger charge is 1.94. The molecule has 0 rings (SSSR count). The molecule has 0 bridgehead atoms. The van der Waals surface area contributed by atoms with Crippen LogP contribution in [0.3, 0.4) is 0 Å². The first kappa shape index (κ1) is 19.1. The van der Waals surface area contributed by atoms with Crippen LogP contribution in [-0.2, 0) is 9.09 Å². The Kier molecular flexibility index (Phi) is 18.1. The fraction of sp³-hybridized carbons (Fsp3) is 1.00. The predicted molar refractivity (Wildman–Crippen MR) is 83.9 cm³/mol. The first-order valence-electron chi connectivity index (χ1n) is 8.36. The van der Waals surface area contributed by atoms with Crippen molar-refractivity contribution in [3.8, 4) is 0 Å². The molecule has 0 radical (unpaired) electrons. The maximum absolute atomic E-state index is 10.0. The summed E-state index contributed by atoms with van der Waals surface area (Å²) in [6.45, 7) is 2.92. The van der Waals surface area contributed by atoms with Gasteiger partial charge in [-0.05, 0) is 6.42 Å². The summed E-state index contributed by atoms with van der Waals surface area (Å²) in [5.74, 6) is 0. The SMILES string of the molecule is CCCCCCCCCCCCCCCCOP=O. The van der Waals surface area contributed by atoms with Crippen LogP contribution in [0.2, 0.25) is 0 Å². The van der Waals surface area contributed by atoms with Crippen LogP contribution in [0.4, 0.5) is 0 Å². The van der Waals surface area contributed by atoms with Crippen molar-refractivity contribution in [2.75, 3.05) is 6.61 Å². The van der Waals surface area contributed by atoms with E-state index in [9.17, 15) is 4.57 Å². The molecular formula is C16H33O2P. The van der Waals surface area contributed by atoms with Gasteiger partial charge in [-0.2, -0.15) is 0 Å². The Morgan fingerprint density at radius 3 is 1.37 bits per heavy atom. The van der Waals surface area contributed by atoms with Crippen LogP contribution in [0.25, 0.3) is 0 Å². The van der Waals surface area contributed by atoms with Crippen LogP contribution in [-0.4, -0.2) is 6.61 Å². The molecular weight excluding hydrogens is 255 g/mol. The lowest BCUT2D eigenvalue weighted by atomic mass is 10.0. The molecule has 0 aliphatic carbocycles. The van der Waals surface area contributed by atoms with Gasteiger partial charge in [-0.3, -0.25) is 4.52 Å². The van der Waals surface area contributed by atoms with Gasteiger partial charge in [0.1, 0.15) is 0 Å². The molecule has 0 fully saturated rings. The second kappa shape index (κ2) is 18.1. The largest absolute Gasteiger partial charge is 0.327 e. The van der Waals surface area contributed by atoms with Crippen molar-refractivity contribution < 1.29 is 9.09 Å². The highest BCUT2D eigenvalue weighted by Crippen LogP contribution is 2.13. The first-order chi connectivity index (χ1) is 9.41. The summed E-state index contributed by atoms with van der Waals surface area (Å²) < 4.78 is 14.8. The van der Waals surface area contributed by atoms with Gasteiger partial charge < -0.3 is 0 Å². The van der Waals surface area contributed by atoms with Gasteiger partial charge in [0.25, 0.3) is 0 Å². The van der Waals surface area contributed by atoms with E-state index >= 15 is 0 Å². The molecule has 0 heterocycles. The third-order valence-electron chi connectivity index (χ3n) is 3.64. The van der Waals surface area contributed by atoms with Crippen molar-refractivity contribution in [1.29, 1.82) is 0 Å².